The Kier molecular flexibility index (Phi) is 5.19. The highest BCUT2D eigenvalue weighted by Gasteiger charge is 2.68. The van der Waals surface area contributed by atoms with Crippen molar-refractivity contribution in [1.29, 1.82) is 5.26 Å². The van der Waals surface area contributed by atoms with E-state index in [-0.39, 0.29) is 29.3 Å². The Morgan fingerprint density at radius 2 is 2.06 bits per heavy atom. The van der Waals surface area contributed by atoms with Gasteiger partial charge in [0.15, 0.2) is 6.04 Å². The molecule has 4 rings (SSSR count). The van der Waals surface area contributed by atoms with Gasteiger partial charge in [0.2, 0.25) is 5.54 Å². The van der Waals surface area contributed by atoms with Gasteiger partial charge in [-0.15, -0.1) is 0 Å². The first kappa shape index (κ1) is 21.8. The molecule has 1 saturated heterocycles. The number of likely N-dealkylation sites (tertiary alicyclic amines) is 1. The maximum atomic E-state index is 14.0. The third kappa shape index (κ3) is 2.82. The summed E-state index contributed by atoms with van der Waals surface area (Å²) in [6.07, 6.45) is -0.557. The molecule has 2 aliphatic heterocycles. The van der Waals surface area contributed by atoms with Crippen LogP contribution in [0, 0.1) is 18.3 Å². The van der Waals surface area contributed by atoms with Gasteiger partial charge < -0.3 is 20.5 Å². The fourth-order valence-corrected chi connectivity index (χ4v) is 5.54. The zero-order chi connectivity index (χ0) is 23.3. The summed E-state index contributed by atoms with van der Waals surface area (Å²) in [7, 11) is 4.91. The Morgan fingerprint density at radius 3 is 2.72 bits per heavy atom. The van der Waals surface area contributed by atoms with Gasteiger partial charge in [-0.1, -0.05) is 11.6 Å². The molecule has 1 fully saturated rings. The van der Waals surface area contributed by atoms with E-state index in [1.54, 1.807) is 31.3 Å². The lowest BCUT2D eigenvalue weighted by molar-refractivity contribution is -0.953. The van der Waals surface area contributed by atoms with Crippen LogP contribution in [0.1, 0.15) is 28.7 Å². The number of nitriles is 1. The first-order valence-corrected chi connectivity index (χ1v) is 10.5. The van der Waals surface area contributed by atoms with E-state index in [0.717, 1.165) is 5.56 Å². The summed E-state index contributed by atoms with van der Waals surface area (Å²) >= 11 is 0. The van der Waals surface area contributed by atoms with Gasteiger partial charge >= 0.3 is 0 Å². The van der Waals surface area contributed by atoms with E-state index < -0.39 is 17.7 Å². The molecule has 8 heteroatoms. The average molecular weight is 436 g/mol. The molecule has 0 radical (unpaired) electrons. The number of methoxy groups -OCH3 is 1. The molecular formula is C24H27N4O4+. The van der Waals surface area contributed by atoms with E-state index in [4.69, 9.17) is 4.74 Å². The molecule has 166 valence electrons. The van der Waals surface area contributed by atoms with Crippen LogP contribution in [0.4, 0.5) is 5.69 Å². The minimum absolute atomic E-state index is 0.0820. The number of hydrogen-bond donors (Lipinski definition) is 3. The molecule has 8 nitrogen and oxygen atoms in total. The Labute approximate surface area is 187 Å². The lowest BCUT2D eigenvalue weighted by Gasteiger charge is -2.48. The summed E-state index contributed by atoms with van der Waals surface area (Å²) in [5.41, 5.74) is 1.68. The third-order valence-electron chi connectivity index (χ3n) is 6.95. The lowest BCUT2D eigenvalue weighted by atomic mass is 9.78. The summed E-state index contributed by atoms with van der Waals surface area (Å²) < 4.78 is 5.61. The maximum Gasteiger partial charge on any atom is 0.295 e. The molecule has 2 aromatic carbocycles. The molecule has 2 heterocycles. The Morgan fingerprint density at radius 1 is 1.31 bits per heavy atom. The Balaban J connectivity index is 2.15. The number of carbonyl (C=O) groups is 2. The van der Waals surface area contributed by atoms with Crippen molar-refractivity contribution in [2.45, 2.75) is 31.0 Å². The van der Waals surface area contributed by atoms with Gasteiger partial charge in [0.05, 0.1) is 42.6 Å². The third-order valence-corrected chi connectivity index (χ3v) is 6.95. The first-order valence-electron chi connectivity index (χ1n) is 10.5. The van der Waals surface area contributed by atoms with Crippen LogP contribution in [0.2, 0.25) is 0 Å². The number of quaternary nitrogens is 1. The molecular weight excluding hydrogens is 408 g/mol. The Hall–Kier alpha value is -3.41. The fourth-order valence-electron chi connectivity index (χ4n) is 5.54. The number of nitrogens with one attached hydrogen (secondary N) is 2. The number of nitrogens with zero attached hydrogens (tertiary/aromatic N) is 2. The van der Waals surface area contributed by atoms with Crippen LogP contribution in [-0.2, 0) is 15.1 Å². The first-order chi connectivity index (χ1) is 15.2. The highest BCUT2D eigenvalue weighted by Crippen LogP contribution is 2.54. The number of aliphatic hydroxyl groups excluding tert-OH is 1. The summed E-state index contributed by atoms with van der Waals surface area (Å²) in [5, 5.41) is 26.0. The van der Waals surface area contributed by atoms with Crippen LogP contribution in [0.5, 0.6) is 5.75 Å². The van der Waals surface area contributed by atoms with E-state index in [1.807, 2.05) is 26.1 Å². The van der Waals surface area contributed by atoms with Crippen LogP contribution in [-0.4, -0.2) is 61.3 Å². The molecule has 0 aliphatic carbocycles. The molecule has 3 N–H and O–H groups in total. The predicted molar refractivity (Wildman–Crippen MR) is 118 cm³/mol. The van der Waals surface area contributed by atoms with Crippen LogP contribution in [0.15, 0.2) is 36.4 Å². The minimum Gasteiger partial charge on any atom is -0.496 e. The highest BCUT2D eigenvalue weighted by molar-refractivity contribution is 6.08. The normalized spacial score (nSPS) is 28.6. The zero-order valence-electron chi connectivity index (χ0n) is 18.6. The van der Waals surface area contributed by atoms with E-state index in [1.165, 1.54) is 7.11 Å². The van der Waals surface area contributed by atoms with Crippen LogP contribution in [0.25, 0.3) is 0 Å². The molecule has 0 saturated carbocycles. The van der Waals surface area contributed by atoms with Crippen molar-refractivity contribution in [1.82, 2.24) is 5.32 Å². The fraction of sp³-hybridized carbons (Fsp3) is 0.375. The summed E-state index contributed by atoms with van der Waals surface area (Å²) in [4.78, 5) is 27.0. The minimum atomic E-state index is -1.41. The predicted octanol–water partition coefficient (Wildman–Crippen LogP) is 1.40. The number of benzene rings is 2. The molecule has 0 aromatic heterocycles. The van der Waals surface area contributed by atoms with Gasteiger partial charge in [0, 0.05) is 13.5 Å². The van der Waals surface area contributed by atoms with Crippen LogP contribution >= 0.6 is 0 Å². The number of carbonyl (C=O) groups excluding carboxylic acids is 2. The van der Waals surface area contributed by atoms with E-state index in [0.29, 0.717) is 28.1 Å². The molecule has 2 amide bonds. The lowest BCUT2D eigenvalue weighted by Crippen LogP contribution is -2.68. The Bertz CT molecular complexity index is 1160. The molecule has 2 unspecified atom stereocenters. The van der Waals surface area contributed by atoms with Gasteiger partial charge in [0.1, 0.15) is 18.4 Å². The number of rotatable bonds is 4. The zero-order valence-corrected chi connectivity index (χ0v) is 18.6. The second-order valence-electron chi connectivity index (χ2n) is 8.71. The molecule has 0 bridgehead atoms. The van der Waals surface area contributed by atoms with Crippen molar-refractivity contribution in [2.75, 3.05) is 33.1 Å². The number of likely N-dealkylation sites (N-methyl/N-ethyl adjacent to an activating group) is 2. The van der Waals surface area contributed by atoms with E-state index >= 15 is 0 Å². The van der Waals surface area contributed by atoms with E-state index in [2.05, 4.69) is 16.7 Å². The van der Waals surface area contributed by atoms with Crippen LogP contribution < -0.4 is 15.4 Å². The number of fused-ring (bicyclic) bond motifs is 1. The SMILES string of the molecule is CNC(=O)[C@@H]1C[C@@H](O)C[N+]1(C)C1(c2cc(C)ccc2OC)C(=O)Nc2ccc(C#N)cc21. The maximum absolute atomic E-state index is 14.0. The van der Waals surface area contributed by atoms with E-state index in [9.17, 15) is 20.0 Å². The standard InChI is InChI=1S/C24H26N4O4/c1-14-5-8-21(32-4)18(9-14)24(28(3)13-16(29)11-20(28)22(30)26-2)17-10-15(12-25)6-7-19(17)27-23(24)31/h5-10,16,20,29H,11,13H2,1-4H3,(H-,26,27,30,31)/p+1/t16-,20+,24?,28?/m1/s1. The van der Waals surface area contributed by atoms with Gasteiger partial charge in [-0.2, -0.15) is 5.26 Å². The second-order valence-corrected chi connectivity index (χ2v) is 8.71. The number of aliphatic hydroxyl groups is 1. The number of hydrogen-bond acceptors (Lipinski definition) is 5. The quantitative estimate of drug-likeness (QED) is 0.629. The molecule has 0 spiro atoms. The van der Waals surface area contributed by atoms with Crippen molar-refractivity contribution in [3.05, 3.63) is 58.7 Å². The van der Waals surface area contributed by atoms with Gasteiger partial charge in [0.25, 0.3) is 11.8 Å². The van der Waals surface area contributed by atoms with Gasteiger partial charge in [-0.3, -0.25) is 14.1 Å². The summed E-state index contributed by atoms with van der Waals surface area (Å²) in [5.74, 6) is -0.0814. The smallest absolute Gasteiger partial charge is 0.295 e. The van der Waals surface area contributed by atoms with Crippen molar-refractivity contribution in [3.8, 4) is 11.8 Å². The number of amides is 2. The highest BCUT2D eigenvalue weighted by atomic mass is 16.5. The van der Waals surface area contributed by atoms with Crippen LogP contribution in [0.3, 0.4) is 0 Å². The van der Waals surface area contributed by atoms with Gasteiger partial charge in [-0.05, 0) is 37.3 Å². The average Bonchev–Trinajstić information content (AvgIpc) is 3.25. The number of aryl methyl sites for hydroxylation is 1. The van der Waals surface area contributed by atoms with Gasteiger partial charge in [-0.25, -0.2) is 0 Å². The number of ether oxygens (including phenoxy) is 1. The van der Waals surface area contributed by atoms with Crippen molar-refractivity contribution in [3.63, 3.8) is 0 Å². The summed E-state index contributed by atoms with van der Waals surface area (Å²) in [6.45, 7) is 2.10. The number of anilines is 1. The topological polar surface area (TPSA) is 111 Å². The van der Waals surface area contributed by atoms with Crippen molar-refractivity contribution >= 4 is 17.5 Å². The molecule has 32 heavy (non-hydrogen) atoms. The molecule has 2 aromatic rings. The molecule has 2 aliphatic rings. The van der Waals surface area contributed by atoms with Crippen molar-refractivity contribution < 1.29 is 23.9 Å². The second kappa shape index (κ2) is 7.62. The monoisotopic (exact) mass is 435 g/mol. The molecule has 4 atom stereocenters. The largest absolute Gasteiger partial charge is 0.496 e. The summed E-state index contributed by atoms with van der Waals surface area (Å²) in [6, 6.07) is 12.1. The van der Waals surface area contributed by atoms with Crippen molar-refractivity contribution in [2.24, 2.45) is 0 Å².